The molecule has 0 bridgehead atoms. The highest BCUT2D eigenvalue weighted by Crippen LogP contribution is 2.61. The van der Waals surface area contributed by atoms with E-state index in [0.29, 0.717) is 5.91 Å². The van der Waals surface area contributed by atoms with E-state index in [-0.39, 0.29) is 11.3 Å². The van der Waals surface area contributed by atoms with Gasteiger partial charge in [-0.2, -0.15) is 0 Å². The molecule has 1 amide bonds. The molecule has 116 valence electrons. The van der Waals surface area contributed by atoms with Gasteiger partial charge in [0.25, 0.3) is 0 Å². The summed E-state index contributed by atoms with van der Waals surface area (Å²) in [5.41, 5.74) is 5.32. The van der Waals surface area contributed by atoms with Gasteiger partial charge in [0.1, 0.15) is 0 Å². The van der Waals surface area contributed by atoms with E-state index in [1.165, 1.54) is 23.1 Å². The highest BCUT2D eigenvalue weighted by molar-refractivity contribution is 6.00. The van der Waals surface area contributed by atoms with Crippen molar-refractivity contribution >= 4 is 11.6 Å². The van der Waals surface area contributed by atoms with Crippen LogP contribution >= 0.6 is 0 Å². The van der Waals surface area contributed by atoms with E-state index in [0.717, 1.165) is 37.9 Å². The van der Waals surface area contributed by atoms with E-state index >= 15 is 0 Å². The summed E-state index contributed by atoms with van der Waals surface area (Å²) < 4.78 is 0. The van der Waals surface area contributed by atoms with Gasteiger partial charge in [0, 0.05) is 36.0 Å². The number of aryl methyl sites for hydroxylation is 1. The summed E-state index contributed by atoms with van der Waals surface area (Å²) in [6, 6.07) is 10.7. The van der Waals surface area contributed by atoms with E-state index in [4.69, 9.17) is 0 Å². The Morgan fingerprint density at radius 3 is 3.04 bits per heavy atom. The van der Waals surface area contributed by atoms with Crippen molar-refractivity contribution in [2.24, 2.45) is 5.92 Å². The van der Waals surface area contributed by atoms with Crippen LogP contribution in [0.15, 0.2) is 42.7 Å². The average Bonchev–Trinajstić information content (AvgIpc) is 3.14. The van der Waals surface area contributed by atoms with Gasteiger partial charge < -0.3 is 4.90 Å². The summed E-state index contributed by atoms with van der Waals surface area (Å²) in [6.07, 6.45) is 9.20. The predicted octanol–water partition coefficient (Wildman–Crippen LogP) is 3.26. The van der Waals surface area contributed by atoms with Gasteiger partial charge in [-0.05, 0) is 54.9 Å². The first-order valence-corrected chi connectivity index (χ1v) is 8.62. The van der Waals surface area contributed by atoms with E-state index in [1.807, 2.05) is 17.2 Å². The van der Waals surface area contributed by atoms with Gasteiger partial charge in [-0.1, -0.05) is 24.3 Å². The van der Waals surface area contributed by atoms with Crippen molar-refractivity contribution in [2.75, 3.05) is 11.4 Å². The Kier molecular flexibility index (Phi) is 2.70. The normalized spacial score (nSPS) is 27.7. The van der Waals surface area contributed by atoms with Crippen molar-refractivity contribution in [1.29, 1.82) is 0 Å². The third-order valence-electron chi connectivity index (χ3n) is 6.04. The van der Waals surface area contributed by atoms with Crippen LogP contribution in [0.2, 0.25) is 0 Å². The summed E-state index contributed by atoms with van der Waals surface area (Å²) >= 11 is 0. The number of pyridine rings is 1. The Bertz CT molecular complexity index is 800. The van der Waals surface area contributed by atoms with E-state index in [9.17, 15) is 4.79 Å². The zero-order valence-corrected chi connectivity index (χ0v) is 13.2. The third-order valence-corrected chi connectivity index (χ3v) is 6.04. The lowest BCUT2D eigenvalue weighted by Gasteiger charge is -2.27. The van der Waals surface area contributed by atoms with Gasteiger partial charge in [-0.25, -0.2) is 0 Å². The Morgan fingerprint density at radius 2 is 2.09 bits per heavy atom. The maximum Gasteiger partial charge on any atom is 0.231 e. The largest absolute Gasteiger partial charge is 0.311 e. The van der Waals surface area contributed by atoms with Crippen LogP contribution < -0.4 is 4.90 Å². The predicted molar refractivity (Wildman–Crippen MR) is 89.5 cm³/mol. The third kappa shape index (κ3) is 1.82. The number of anilines is 1. The van der Waals surface area contributed by atoms with E-state index in [2.05, 4.69) is 29.2 Å². The highest BCUT2D eigenvalue weighted by Gasteiger charge is 2.61. The average molecular weight is 304 g/mol. The monoisotopic (exact) mass is 304 g/mol. The fourth-order valence-corrected chi connectivity index (χ4v) is 4.80. The van der Waals surface area contributed by atoms with Crippen molar-refractivity contribution < 1.29 is 4.79 Å². The number of carbonyl (C=O) groups is 1. The molecule has 0 saturated heterocycles. The van der Waals surface area contributed by atoms with Crippen LogP contribution in [0, 0.1) is 5.92 Å². The maximum atomic E-state index is 13.2. The van der Waals surface area contributed by atoms with Crippen molar-refractivity contribution in [3.05, 3.63) is 59.4 Å². The lowest BCUT2D eigenvalue weighted by Crippen LogP contribution is -2.33. The molecule has 0 radical (unpaired) electrons. The van der Waals surface area contributed by atoms with Crippen molar-refractivity contribution in [2.45, 2.75) is 37.5 Å². The number of benzene rings is 1. The molecule has 1 fully saturated rings. The molecular weight excluding hydrogens is 284 g/mol. The second kappa shape index (κ2) is 4.67. The minimum atomic E-state index is 0.127. The van der Waals surface area contributed by atoms with Gasteiger partial charge >= 0.3 is 0 Å². The van der Waals surface area contributed by atoms with Crippen molar-refractivity contribution in [3.63, 3.8) is 0 Å². The van der Waals surface area contributed by atoms with Crippen LogP contribution in [0.1, 0.15) is 36.0 Å². The van der Waals surface area contributed by atoms with Crippen LogP contribution in [0.5, 0.6) is 0 Å². The zero-order valence-electron chi connectivity index (χ0n) is 13.2. The number of nitrogens with zero attached hydrogens (tertiary/aromatic N) is 2. The smallest absolute Gasteiger partial charge is 0.231 e. The molecule has 1 aromatic carbocycles. The minimum absolute atomic E-state index is 0.127. The SMILES string of the molecule is O=C([C@H]1C[C@@]12CCCc1ccccc12)N1CCc2cnccc21. The molecule has 0 N–H and O–H groups in total. The highest BCUT2D eigenvalue weighted by atomic mass is 16.2. The molecule has 3 heteroatoms. The number of amides is 1. The minimum Gasteiger partial charge on any atom is -0.311 e. The molecule has 2 aromatic rings. The van der Waals surface area contributed by atoms with Gasteiger partial charge in [0.05, 0.1) is 0 Å². The Labute approximate surface area is 136 Å². The second-order valence-electron chi connectivity index (χ2n) is 7.17. The number of aromatic nitrogens is 1. The molecule has 2 heterocycles. The van der Waals surface area contributed by atoms with E-state index in [1.54, 1.807) is 6.20 Å². The molecule has 3 aliphatic rings. The van der Waals surface area contributed by atoms with Crippen LogP contribution in [0.25, 0.3) is 0 Å². The van der Waals surface area contributed by atoms with Gasteiger partial charge in [0.2, 0.25) is 5.91 Å². The lowest BCUT2D eigenvalue weighted by atomic mass is 9.78. The molecule has 1 aromatic heterocycles. The number of rotatable bonds is 1. The van der Waals surface area contributed by atoms with Crippen LogP contribution in [-0.4, -0.2) is 17.4 Å². The van der Waals surface area contributed by atoms with Crippen molar-refractivity contribution in [1.82, 2.24) is 4.98 Å². The number of carbonyl (C=O) groups excluding carboxylic acids is 1. The van der Waals surface area contributed by atoms with Crippen molar-refractivity contribution in [3.8, 4) is 0 Å². The molecule has 1 aliphatic heterocycles. The number of hydrogen-bond donors (Lipinski definition) is 0. The lowest BCUT2D eigenvalue weighted by molar-refractivity contribution is -0.120. The molecule has 2 atom stereocenters. The van der Waals surface area contributed by atoms with Crippen LogP contribution in [-0.2, 0) is 23.1 Å². The standard InChI is InChI=1S/C20H20N2O/c23-19(22-11-8-15-13-21-10-7-18(15)22)17-12-20(17)9-3-5-14-4-1-2-6-16(14)20/h1-2,4,6-7,10,13,17H,3,5,8-9,11-12H2/t17-,20-/m1/s1. The fraction of sp³-hybridized carbons (Fsp3) is 0.400. The van der Waals surface area contributed by atoms with Crippen LogP contribution in [0.3, 0.4) is 0 Å². The van der Waals surface area contributed by atoms with E-state index < -0.39 is 0 Å². The number of hydrogen-bond acceptors (Lipinski definition) is 2. The second-order valence-corrected chi connectivity index (χ2v) is 7.17. The molecule has 0 unspecified atom stereocenters. The first-order chi connectivity index (χ1) is 11.3. The molecule has 2 aliphatic carbocycles. The Balaban J connectivity index is 1.47. The van der Waals surface area contributed by atoms with Gasteiger partial charge in [0.15, 0.2) is 0 Å². The number of fused-ring (bicyclic) bond motifs is 3. The molecule has 1 spiro atoms. The quantitative estimate of drug-likeness (QED) is 0.810. The zero-order chi connectivity index (χ0) is 15.4. The maximum absolute atomic E-state index is 13.2. The summed E-state index contributed by atoms with van der Waals surface area (Å²) in [6.45, 7) is 0.814. The van der Waals surface area contributed by atoms with Gasteiger partial charge in [-0.15, -0.1) is 0 Å². The fourth-order valence-electron chi connectivity index (χ4n) is 4.80. The summed E-state index contributed by atoms with van der Waals surface area (Å²) in [4.78, 5) is 19.4. The Morgan fingerprint density at radius 1 is 1.17 bits per heavy atom. The molecule has 3 nitrogen and oxygen atoms in total. The molecular formula is C20H20N2O. The molecule has 1 saturated carbocycles. The first-order valence-electron chi connectivity index (χ1n) is 8.62. The summed E-state index contributed by atoms with van der Waals surface area (Å²) in [5, 5.41) is 0. The molecule has 5 rings (SSSR count). The summed E-state index contributed by atoms with van der Waals surface area (Å²) in [5.74, 6) is 0.495. The Hall–Kier alpha value is -2.16. The molecule has 23 heavy (non-hydrogen) atoms. The summed E-state index contributed by atoms with van der Waals surface area (Å²) in [7, 11) is 0. The first kappa shape index (κ1) is 13.3. The van der Waals surface area contributed by atoms with Gasteiger partial charge in [-0.3, -0.25) is 9.78 Å². The van der Waals surface area contributed by atoms with Crippen LogP contribution in [0.4, 0.5) is 5.69 Å². The topological polar surface area (TPSA) is 33.2 Å².